The maximum absolute atomic E-state index is 12.7. The molecule has 29 heavy (non-hydrogen) atoms. The largest absolute Gasteiger partial charge is 0.452 e. The lowest BCUT2D eigenvalue weighted by atomic mass is 10.1. The number of hydrogen-bond acceptors (Lipinski definition) is 5. The van der Waals surface area contributed by atoms with Crippen LogP contribution in [0.2, 0.25) is 0 Å². The minimum absolute atomic E-state index is 0.0401. The number of ether oxygens (including phenoxy) is 1. The molecule has 0 unspecified atom stereocenters. The van der Waals surface area contributed by atoms with Crippen molar-refractivity contribution in [2.75, 3.05) is 6.61 Å². The lowest BCUT2D eigenvalue weighted by molar-refractivity contribution is 0.0468. The molecular weight excluding hydrogens is 370 g/mol. The molecule has 1 aromatic carbocycles. The highest BCUT2D eigenvalue weighted by Crippen LogP contribution is 2.38. The number of fused-ring (bicyclic) bond motifs is 1. The first-order valence-electron chi connectivity index (χ1n) is 9.81. The molecule has 4 rings (SSSR count). The van der Waals surface area contributed by atoms with Gasteiger partial charge in [-0.25, -0.2) is 9.48 Å². The first kappa shape index (κ1) is 19.1. The molecule has 0 atom stereocenters. The highest BCUT2D eigenvalue weighted by molar-refractivity contribution is 6.04. The number of carbonyl (C=O) groups is 2. The number of aryl methyl sites for hydroxylation is 2. The van der Waals surface area contributed by atoms with Crippen molar-refractivity contribution in [2.45, 2.75) is 46.2 Å². The number of rotatable bonds is 6. The van der Waals surface area contributed by atoms with Gasteiger partial charge in [0.15, 0.2) is 12.3 Å². The van der Waals surface area contributed by atoms with Crippen LogP contribution in [-0.2, 0) is 11.3 Å². The van der Waals surface area contributed by atoms with Crippen LogP contribution in [0.1, 0.15) is 58.0 Å². The van der Waals surface area contributed by atoms with Crippen LogP contribution in [0.3, 0.4) is 0 Å². The lowest BCUT2D eigenvalue weighted by Crippen LogP contribution is -2.26. The van der Waals surface area contributed by atoms with Gasteiger partial charge in [0.1, 0.15) is 0 Å². The van der Waals surface area contributed by atoms with Gasteiger partial charge in [-0.15, -0.1) is 0 Å². The Hall–Kier alpha value is -3.22. The Morgan fingerprint density at radius 2 is 1.86 bits per heavy atom. The minimum Gasteiger partial charge on any atom is -0.452 e. The van der Waals surface area contributed by atoms with Crippen LogP contribution in [-0.4, -0.2) is 32.7 Å². The van der Waals surface area contributed by atoms with Gasteiger partial charge in [-0.1, -0.05) is 18.2 Å². The summed E-state index contributed by atoms with van der Waals surface area (Å²) >= 11 is 0. The summed E-state index contributed by atoms with van der Waals surface area (Å²) in [4.78, 5) is 37.8. The smallest absolute Gasteiger partial charge is 0.359 e. The zero-order valence-electron chi connectivity index (χ0n) is 16.8. The van der Waals surface area contributed by atoms with Gasteiger partial charge in [-0.05, 0) is 45.7 Å². The van der Waals surface area contributed by atoms with E-state index >= 15 is 0 Å². The highest BCUT2D eigenvalue weighted by Gasteiger charge is 2.28. The molecule has 0 bridgehead atoms. The van der Waals surface area contributed by atoms with Gasteiger partial charge in [0.25, 0.3) is 5.56 Å². The van der Waals surface area contributed by atoms with Crippen molar-refractivity contribution in [2.24, 2.45) is 0 Å². The lowest BCUT2D eigenvalue weighted by Gasteiger charge is -2.10. The van der Waals surface area contributed by atoms with Gasteiger partial charge in [-0.2, -0.15) is 5.10 Å². The molecule has 1 aliphatic rings. The second kappa shape index (κ2) is 7.31. The van der Waals surface area contributed by atoms with E-state index in [4.69, 9.17) is 4.74 Å². The molecule has 0 N–H and O–H groups in total. The maximum Gasteiger partial charge on any atom is 0.359 e. The van der Waals surface area contributed by atoms with Crippen molar-refractivity contribution in [1.82, 2.24) is 14.3 Å². The van der Waals surface area contributed by atoms with Crippen LogP contribution in [0.15, 0.2) is 35.1 Å². The Morgan fingerprint density at radius 1 is 1.17 bits per heavy atom. The second-order valence-electron chi connectivity index (χ2n) is 7.40. The standard InChI is InChI=1S/C22H23N3O4/c1-4-24-21(27)17-8-6-5-7-16(17)20(23-24)22(28)29-12-19(26)18-11-13(2)25(14(18)3)15-9-10-15/h5-8,11,15H,4,9-10,12H2,1-3H3. The second-order valence-corrected chi connectivity index (χ2v) is 7.40. The van der Waals surface area contributed by atoms with Crippen molar-refractivity contribution >= 4 is 22.5 Å². The monoisotopic (exact) mass is 393 g/mol. The predicted molar refractivity (Wildman–Crippen MR) is 108 cm³/mol. The van der Waals surface area contributed by atoms with E-state index in [9.17, 15) is 14.4 Å². The van der Waals surface area contributed by atoms with E-state index in [1.165, 1.54) is 4.68 Å². The van der Waals surface area contributed by atoms with Gasteiger partial charge < -0.3 is 9.30 Å². The molecule has 0 radical (unpaired) electrons. The first-order valence-corrected chi connectivity index (χ1v) is 9.81. The van der Waals surface area contributed by atoms with Crippen LogP contribution in [0.25, 0.3) is 10.8 Å². The average molecular weight is 393 g/mol. The summed E-state index contributed by atoms with van der Waals surface area (Å²) in [5.41, 5.74) is 2.32. The molecule has 0 aliphatic heterocycles. The highest BCUT2D eigenvalue weighted by atomic mass is 16.5. The summed E-state index contributed by atoms with van der Waals surface area (Å²) in [5.74, 6) is -0.959. The molecule has 0 saturated heterocycles. The molecule has 0 spiro atoms. The number of benzene rings is 1. The summed E-state index contributed by atoms with van der Waals surface area (Å²) in [6, 6.07) is 9.11. The number of aromatic nitrogens is 3. The first-order chi connectivity index (χ1) is 13.9. The normalized spacial score (nSPS) is 13.6. The predicted octanol–water partition coefficient (Wildman–Crippen LogP) is 3.21. The van der Waals surface area contributed by atoms with E-state index < -0.39 is 5.97 Å². The van der Waals surface area contributed by atoms with Crippen LogP contribution < -0.4 is 5.56 Å². The van der Waals surface area contributed by atoms with E-state index in [1.807, 2.05) is 19.9 Å². The Bertz CT molecular complexity index is 1180. The molecule has 1 fully saturated rings. The maximum atomic E-state index is 12.7. The molecule has 0 amide bonds. The summed E-state index contributed by atoms with van der Waals surface area (Å²) in [5, 5.41) is 4.97. The molecule has 150 valence electrons. The van der Waals surface area contributed by atoms with E-state index in [2.05, 4.69) is 9.67 Å². The Labute approximate surface area is 167 Å². The minimum atomic E-state index is -0.715. The summed E-state index contributed by atoms with van der Waals surface area (Å²) in [6.07, 6.45) is 2.26. The third-order valence-electron chi connectivity index (χ3n) is 5.39. The van der Waals surface area contributed by atoms with Crippen molar-refractivity contribution in [1.29, 1.82) is 0 Å². The number of esters is 1. The van der Waals surface area contributed by atoms with Crippen LogP contribution in [0.4, 0.5) is 0 Å². The number of nitrogens with zero attached hydrogens (tertiary/aromatic N) is 3. The molecular formula is C22H23N3O4. The molecule has 2 aromatic heterocycles. The van der Waals surface area contributed by atoms with Crippen molar-refractivity contribution in [3.8, 4) is 0 Å². The number of hydrogen-bond donors (Lipinski definition) is 0. The van der Waals surface area contributed by atoms with Crippen molar-refractivity contribution in [3.05, 3.63) is 63.3 Å². The Balaban J connectivity index is 1.58. The van der Waals surface area contributed by atoms with Gasteiger partial charge in [0.05, 0.1) is 5.39 Å². The van der Waals surface area contributed by atoms with Gasteiger partial charge in [0.2, 0.25) is 5.78 Å². The molecule has 2 heterocycles. The van der Waals surface area contributed by atoms with Crippen LogP contribution in [0.5, 0.6) is 0 Å². The topological polar surface area (TPSA) is 83.2 Å². The van der Waals surface area contributed by atoms with Gasteiger partial charge >= 0.3 is 5.97 Å². The summed E-state index contributed by atoms with van der Waals surface area (Å²) < 4.78 is 8.70. The molecule has 1 saturated carbocycles. The Morgan fingerprint density at radius 3 is 2.52 bits per heavy atom. The summed E-state index contributed by atoms with van der Waals surface area (Å²) in [7, 11) is 0. The fourth-order valence-electron chi connectivity index (χ4n) is 3.83. The molecule has 7 nitrogen and oxygen atoms in total. The molecule has 7 heteroatoms. The quantitative estimate of drug-likeness (QED) is 0.474. The fourth-order valence-corrected chi connectivity index (χ4v) is 3.83. The third kappa shape index (κ3) is 3.37. The van der Waals surface area contributed by atoms with Crippen LogP contribution >= 0.6 is 0 Å². The summed E-state index contributed by atoms with van der Waals surface area (Å²) in [6.45, 7) is 5.65. The number of carbonyl (C=O) groups excluding carboxylic acids is 2. The molecule has 3 aromatic rings. The zero-order valence-corrected chi connectivity index (χ0v) is 16.8. The van der Waals surface area contributed by atoms with Crippen molar-refractivity contribution in [3.63, 3.8) is 0 Å². The SMILES string of the molecule is CCn1nc(C(=O)OCC(=O)c2cc(C)n(C3CC3)c2C)c2ccccc2c1=O. The fraction of sp³-hybridized carbons (Fsp3) is 0.364. The van der Waals surface area contributed by atoms with E-state index in [1.54, 1.807) is 31.2 Å². The third-order valence-corrected chi connectivity index (χ3v) is 5.39. The van der Waals surface area contributed by atoms with Crippen molar-refractivity contribution < 1.29 is 14.3 Å². The number of ketones is 1. The Kier molecular flexibility index (Phi) is 4.82. The molecule has 1 aliphatic carbocycles. The van der Waals surface area contributed by atoms with E-state index in [0.717, 1.165) is 24.2 Å². The zero-order chi connectivity index (χ0) is 20.7. The van der Waals surface area contributed by atoms with Crippen LogP contribution in [0, 0.1) is 13.8 Å². The van der Waals surface area contributed by atoms with E-state index in [0.29, 0.717) is 28.9 Å². The van der Waals surface area contributed by atoms with E-state index in [-0.39, 0.29) is 23.6 Å². The average Bonchev–Trinajstić information content (AvgIpc) is 3.50. The van der Waals surface area contributed by atoms with Gasteiger partial charge in [-0.3, -0.25) is 9.59 Å². The number of Topliss-reactive ketones (excluding diaryl/α,β-unsaturated/α-hetero) is 1. The van der Waals surface area contributed by atoms with Gasteiger partial charge in [0, 0.05) is 34.9 Å².